The van der Waals surface area contributed by atoms with Gasteiger partial charge in [-0.2, -0.15) is 0 Å². The SMILES string of the molecule is CCc1nc2ccccc2n1CCC(=O)N1C[C@@H]2NC(=O)CCc3ccc(OC)c(c3)OCC(=O)NCc3ccc(cc3)O[C@H]2C1. The molecule has 3 aliphatic rings. The third-order valence-electron chi connectivity index (χ3n) is 8.49. The van der Waals surface area contributed by atoms with Crippen LogP contribution in [0, 0.1) is 0 Å². The first-order valence-electron chi connectivity index (χ1n) is 15.7. The fraction of sp³-hybridized carbons (Fsp3) is 0.371. The molecule has 3 aliphatic heterocycles. The van der Waals surface area contributed by atoms with Crippen LogP contribution >= 0.6 is 0 Å². The van der Waals surface area contributed by atoms with Crippen LogP contribution in [0.25, 0.3) is 11.0 Å². The topological polar surface area (TPSA) is 124 Å². The molecule has 1 saturated heterocycles. The van der Waals surface area contributed by atoms with E-state index in [4.69, 9.17) is 19.2 Å². The number of carbonyl (C=O) groups is 3. The summed E-state index contributed by atoms with van der Waals surface area (Å²) in [7, 11) is 1.54. The number of nitrogens with zero attached hydrogens (tertiary/aromatic N) is 3. The van der Waals surface area contributed by atoms with Crippen molar-refractivity contribution in [3.63, 3.8) is 0 Å². The average Bonchev–Trinajstić information content (AvgIpc) is 3.65. The number of hydrogen-bond acceptors (Lipinski definition) is 7. The molecule has 4 heterocycles. The summed E-state index contributed by atoms with van der Waals surface area (Å²) >= 11 is 0. The van der Waals surface area contributed by atoms with Gasteiger partial charge in [0.25, 0.3) is 5.91 Å². The van der Waals surface area contributed by atoms with Crippen molar-refractivity contribution in [3.8, 4) is 17.2 Å². The van der Waals surface area contributed by atoms with Crippen LogP contribution in [0.1, 0.15) is 36.7 Å². The van der Waals surface area contributed by atoms with E-state index >= 15 is 0 Å². The molecule has 7 rings (SSSR count). The number of rotatable bonds is 5. The molecule has 11 nitrogen and oxygen atoms in total. The third-order valence-corrected chi connectivity index (χ3v) is 8.49. The molecule has 0 saturated carbocycles. The molecule has 0 spiro atoms. The van der Waals surface area contributed by atoms with Gasteiger partial charge >= 0.3 is 0 Å². The van der Waals surface area contributed by atoms with E-state index in [9.17, 15) is 14.4 Å². The number of methoxy groups -OCH3 is 1. The maximum Gasteiger partial charge on any atom is 0.258 e. The number of nitrogens with one attached hydrogen (secondary N) is 2. The van der Waals surface area contributed by atoms with Crippen molar-refractivity contribution in [2.75, 3.05) is 26.8 Å². The lowest BCUT2D eigenvalue weighted by Gasteiger charge is -2.21. The number of likely N-dealkylation sites (tertiary alicyclic amines) is 1. The van der Waals surface area contributed by atoms with Crippen molar-refractivity contribution in [2.45, 2.75) is 57.8 Å². The van der Waals surface area contributed by atoms with E-state index in [1.165, 1.54) is 7.11 Å². The van der Waals surface area contributed by atoms with Crippen LogP contribution in [-0.4, -0.2) is 71.1 Å². The lowest BCUT2D eigenvalue weighted by molar-refractivity contribution is -0.131. The normalized spacial score (nSPS) is 18.8. The van der Waals surface area contributed by atoms with Crippen molar-refractivity contribution in [2.24, 2.45) is 0 Å². The predicted octanol–water partition coefficient (Wildman–Crippen LogP) is 3.41. The molecule has 2 N–H and O–H groups in total. The van der Waals surface area contributed by atoms with Gasteiger partial charge in [0, 0.05) is 38.9 Å². The average molecular weight is 626 g/mol. The number of amides is 3. The van der Waals surface area contributed by atoms with Crippen LogP contribution in [-0.2, 0) is 40.3 Å². The van der Waals surface area contributed by atoms with Gasteiger partial charge in [-0.3, -0.25) is 14.4 Å². The zero-order valence-electron chi connectivity index (χ0n) is 26.2. The van der Waals surface area contributed by atoms with Crippen molar-refractivity contribution in [3.05, 3.63) is 83.7 Å². The highest BCUT2D eigenvalue weighted by Gasteiger charge is 2.37. The first-order chi connectivity index (χ1) is 22.4. The molecule has 11 heteroatoms. The summed E-state index contributed by atoms with van der Waals surface area (Å²) in [6.45, 7) is 3.45. The molecule has 4 bridgehead atoms. The van der Waals surface area contributed by atoms with Gasteiger partial charge in [-0.1, -0.05) is 37.3 Å². The lowest BCUT2D eigenvalue weighted by Crippen LogP contribution is -2.45. The van der Waals surface area contributed by atoms with Gasteiger partial charge in [0.05, 0.1) is 30.7 Å². The Morgan fingerprint density at radius 1 is 1.00 bits per heavy atom. The maximum atomic E-state index is 13.5. The Labute approximate surface area is 267 Å². The van der Waals surface area contributed by atoms with Crippen molar-refractivity contribution in [1.29, 1.82) is 0 Å². The van der Waals surface area contributed by atoms with Crippen LogP contribution in [0.3, 0.4) is 0 Å². The third kappa shape index (κ3) is 7.09. The summed E-state index contributed by atoms with van der Waals surface area (Å²) in [5.74, 6) is 2.10. The molecule has 3 aromatic carbocycles. The highest BCUT2D eigenvalue weighted by atomic mass is 16.5. The van der Waals surface area contributed by atoms with Crippen LogP contribution in [0.5, 0.6) is 17.2 Å². The molecule has 0 aliphatic carbocycles. The number of benzene rings is 3. The molecule has 240 valence electrons. The number of carbonyl (C=O) groups excluding carboxylic acids is 3. The van der Waals surface area contributed by atoms with E-state index in [1.54, 1.807) is 17.0 Å². The molecule has 3 amide bonds. The van der Waals surface area contributed by atoms with Gasteiger partial charge in [0.1, 0.15) is 17.7 Å². The summed E-state index contributed by atoms with van der Waals surface area (Å²) in [5, 5.41) is 6.00. The number of aryl methyl sites for hydroxylation is 3. The Kier molecular flexibility index (Phi) is 9.37. The summed E-state index contributed by atoms with van der Waals surface area (Å²) < 4.78 is 19.7. The highest BCUT2D eigenvalue weighted by molar-refractivity contribution is 5.80. The van der Waals surface area contributed by atoms with Crippen molar-refractivity contribution in [1.82, 2.24) is 25.1 Å². The molecule has 1 aromatic heterocycles. The van der Waals surface area contributed by atoms with Crippen LogP contribution in [0.4, 0.5) is 0 Å². The smallest absolute Gasteiger partial charge is 0.258 e. The quantitative estimate of drug-likeness (QED) is 0.349. The lowest BCUT2D eigenvalue weighted by atomic mass is 10.1. The second kappa shape index (κ2) is 13.9. The summed E-state index contributed by atoms with van der Waals surface area (Å²) in [6.07, 6.45) is 1.34. The standard InChI is InChI=1S/C35H39N5O6/c1-3-32-37-26-6-4-5-7-28(26)40(32)17-16-35(43)39-20-27-31(21-39)46-25-12-8-24(9-13-25)19-36-34(42)22-45-30-18-23(10-14-29(30)44-2)11-15-33(41)38-27/h4-10,12-14,18,27,31H,3,11,15-17,19-22H2,1-2H3,(H,36,42)(H,38,41)/t27-,31-/m0/s1. The van der Waals surface area contributed by atoms with Gasteiger partial charge in [0.2, 0.25) is 11.8 Å². The van der Waals surface area contributed by atoms with Crippen LogP contribution in [0.2, 0.25) is 0 Å². The Hall–Kier alpha value is -5.06. The van der Waals surface area contributed by atoms with Gasteiger partial charge in [-0.15, -0.1) is 0 Å². The van der Waals surface area contributed by atoms with E-state index in [0.29, 0.717) is 56.3 Å². The van der Waals surface area contributed by atoms with E-state index in [-0.39, 0.29) is 36.8 Å². The summed E-state index contributed by atoms with van der Waals surface area (Å²) in [6, 6.07) is 20.4. The van der Waals surface area contributed by atoms with E-state index in [1.807, 2.05) is 54.6 Å². The van der Waals surface area contributed by atoms with Crippen LogP contribution in [0.15, 0.2) is 66.7 Å². The Bertz CT molecular complexity index is 1720. The number of fused-ring (bicyclic) bond motifs is 10. The zero-order valence-corrected chi connectivity index (χ0v) is 26.2. The maximum absolute atomic E-state index is 13.5. The Balaban J connectivity index is 1.18. The number of hydrogen-bond donors (Lipinski definition) is 2. The fourth-order valence-corrected chi connectivity index (χ4v) is 6.03. The second-order valence-corrected chi connectivity index (χ2v) is 11.6. The minimum absolute atomic E-state index is 0.00325. The molecule has 4 aromatic rings. The molecule has 46 heavy (non-hydrogen) atoms. The largest absolute Gasteiger partial charge is 0.493 e. The number of aromatic nitrogens is 2. The van der Waals surface area contributed by atoms with Crippen molar-refractivity contribution >= 4 is 28.8 Å². The van der Waals surface area contributed by atoms with Gasteiger partial charge in [-0.25, -0.2) is 4.98 Å². The zero-order chi connectivity index (χ0) is 32.0. The minimum Gasteiger partial charge on any atom is -0.493 e. The highest BCUT2D eigenvalue weighted by Crippen LogP contribution is 2.29. The first-order valence-corrected chi connectivity index (χ1v) is 15.7. The van der Waals surface area contributed by atoms with E-state index < -0.39 is 6.10 Å². The number of ether oxygens (including phenoxy) is 3. The molecular formula is C35H39N5O6. The van der Waals surface area contributed by atoms with Gasteiger partial charge in [-0.05, 0) is 53.9 Å². The van der Waals surface area contributed by atoms with Crippen molar-refractivity contribution < 1.29 is 28.6 Å². The second-order valence-electron chi connectivity index (χ2n) is 11.6. The molecule has 2 atom stereocenters. The van der Waals surface area contributed by atoms with E-state index in [0.717, 1.165) is 34.4 Å². The van der Waals surface area contributed by atoms with E-state index in [2.05, 4.69) is 22.1 Å². The number of imidazole rings is 1. The molecule has 1 fully saturated rings. The van der Waals surface area contributed by atoms with Gasteiger partial charge < -0.3 is 34.3 Å². The summed E-state index contributed by atoms with van der Waals surface area (Å²) in [5.41, 5.74) is 3.71. The first kappa shape index (κ1) is 30.9. The van der Waals surface area contributed by atoms with Crippen LogP contribution < -0.4 is 24.8 Å². The van der Waals surface area contributed by atoms with Gasteiger partial charge in [0.15, 0.2) is 18.1 Å². The Morgan fingerprint density at radius 3 is 2.61 bits per heavy atom. The summed E-state index contributed by atoms with van der Waals surface area (Å²) in [4.78, 5) is 45.8. The molecular weight excluding hydrogens is 586 g/mol. The molecule has 0 radical (unpaired) electrons. The monoisotopic (exact) mass is 625 g/mol. The minimum atomic E-state index is -0.429. The predicted molar refractivity (Wildman–Crippen MR) is 172 cm³/mol. The number of para-hydroxylation sites is 2. The Morgan fingerprint density at radius 2 is 1.80 bits per heavy atom. The fourth-order valence-electron chi connectivity index (χ4n) is 6.03. The molecule has 0 unspecified atom stereocenters.